The van der Waals surface area contributed by atoms with Crippen molar-refractivity contribution in [2.45, 2.75) is 32.3 Å². The average molecular weight is 362 g/mol. The van der Waals surface area contributed by atoms with Gasteiger partial charge in [0.15, 0.2) is 0 Å². The molecule has 0 amide bonds. The summed E-state index contributed by atoms with van der Waals surface area (Å²) in [6.07, 6.45) is 3.58. The molecule has 2 aromatic heterocycles. The van der Waals surface area contributed by atoms with E-state index in [0.29, 0.717) is 33.7 Å². The topological polar surface area (TPSA) is 99.1 Å². The van der Waals surface area contributed by atoms with Gasteiger partial charge in [0.25, 0.3) is 0 Å². The van der Waals surface area contributed by atoms with Crippen LogP contribution in [0.3, 0.4) is 0 Å². The second-order valence-corrected chi connectivity index (χ2v) is 7.48. The van der Waals surface area contributed by atoms with Gasteiger partial charge in [-0.25, -0.2) is 9.97 Å². The van der Waals surface area contributed by atoms with Gasteiger partial charge >= 0.3 is 0 Å². The van der Waals surface area contributed by atoms with Crippen LogP contribution in [0.15, 0.2) is 24.4 Å². The first-order valence-electron chi connectivity index (χ1n) is 8.40. The number of nitrogens with zero attached hydrogens (tertiary/aromatic N) is 2. The number of aromatic nitrogens is 2. The fourth-order valence-electron chi connectivity index (χ4n) is 3.20. The summed E-state index contributed by atoms with van der Waals surface area (Å²) < 4.78 is 5.77. The largest absolute Gasteiger partial charge is 0.397 e. The Balaban J connectivity index is 1.77. The number of hydrogen-bond acceptors (Lipinski definition) is 6. The van der Waals surface area contributed by atoms with Gasteiger partial charge in [0.1, 0.15) is 11.6 Å². The van der Waals surface area contributed by atoms with Crippen LogP contribution < -0.4 is 16.8 Å². The highest BCUT2D eigenvalue weighted by atomic mass is 35.5. The molecule has 1 aliphatic heterocycles. The van der Waals surface area contributed by atoms with E-state index in [2.05, 4.69) is 29.1 Å². The Hall–Kier alpha value is -2.05. The minimum atomic E-state index is -0.0631. The Bertz CT molecular complexity index is 765. The number of nitrogens with one attached hydrogen (secondary N) is 1. The third-order valence-electron chi connectivity index (χ3n) is 4.43. The molecule has 2 aromatic rings. The van der Waals surface area contributed by atoms with E-state index >= 15 is 0 Å². The van der Waals surface area contributed by atoms with Crippen molar-refractivity contribution in [3.63, 3.8) is 0 Å². The predicted molar refractivity (Wildman–Crippen MR) is 103 cm³/mol. The third-order valence-corrected chi connectivity index (χ3v) is 4.73. The van der Waals surface area contributed by atoms with Crippen LogP contribution >= 0.6 is 11.6 Å². The van der Waals surface area contributed by atoms with Crippen LogP contribution in [0.1, 0.15) is 26.7 Å². The van der Waals surface area contributed by atoms with Crippen LogP contribution in [0.5, 0.6) is 0 Å². The highest BCUT2D eigenvalue weighted by Crippen LogP contribution is 2.33. The van der Waals surface area contributed by atoms with Crippen LogP contribution in [0, 0.1) is 5.92 Å². The first-order chi connectivity index (χ1) is 11.8. The maximum absolute atomic E-state index is 6.24. The molecule has 1 aliphatic rings. The Kier molecular flexibility index (Phi) is 5.01. The summed E-state index contributed by atoms with van der Waals surface area (Å²) >= 11 is 6.24. The number of rotatable bonds is 4. The van der Waals surface area contributed by atoms with Gasteiger partial charge in [0.05, 0.1) is 22.0 Å². The normalized spacial score (nSPS) is 19.6. The number of ether oxygens (including phenoxy) is 1. The van der Waals surface area contributed by atoms with Crippen molar-refractivity contribution in [2.24, 2.45) is 5.92 Å². The van der Waals surface area contributed by atoms with E-state index in [9.17, 15) is 0 Å². The highest BCUT2D eigenvalue weighted by molar-refractivity contribution is 6.33. The summed E-state index contributed by atoms with van der Waals surface area (Å²) in [5.74, 6) is 1.69. The Morgan fingerprint density at radius 3 is 2.92 bits per heavy atom. The monoisotopic (exact) mass is 361 g/mol. The van der Waals surface area contributed by atoms with Gasteiger partial charge in [-0.05, 0) is 50.8 Å². The van der Waals surface area contributed by atoms with Crippen LogP contribution in [-0.4, -0.2) is 28.7 Å². The molecule has 1 fully saturated rings. The molecule has 1 atom stereocenters. The van der Waals surface area contributed by atoms with Gasteiger partial charge in [0, 0.05) is 24.9 Å². The van der Waals surface area contributed by atoms with Gasteiger partial charge in [-0.2, -0.15) is 0 Å². The molecule has 25 heavy (non-hydrogen) atoms. The summed E-state index contributed by atoms with van der Waals surface area (Å²) in [5, 5.41) is 3.88. The quantitative estimate of drug-likeness (QED) is 0.769. The van der Waals surface area contributed by atoms with Crippen molar-refractivity contribution < 1.29 is 4.74 Å². The lowest BCUT2D eigenvalue weighted by Crippen LogP contribution is -2.36. The Morgan fingerprint density at radius 1 is 1.36 bits per heavy atom. The summed E-state index contributed by atoms with van der Waals surface area (Å²) in [6.45, 7) is 5.91. The molecule has 5 N–H and O–H groups in total. The number of nitrogens with two attached hydrogens (primary N) is 2. The molecular formula is C18H24ClN5O. The molecule has 1 saturated heterocycles. The van der Waals surface area contributed by atoms with Crippen LogP contribution in [0.2, 0.25) is 5.02 Å². The second-order valence-electron chi connectivity index (χ2n) is 7.07. The van der Waals surface area contributed by atoms with Crippen molar-refractivity contribution in [3.05, 3.63) is 29.4 Å². The number of anilines is 3. The van der Waals surface area contributed by atoms with Crippen molar-refractivity contribution in [1.82, 2.24) is 9.97 Å². The molecule has 0 bridgehead atoms. The molecule has 6 nitrogen and oxygen atoms in total. The lowest BCUT2D eigenvalue weighted by atomic mass is 9.88. The van der Waals surface area contributed by atoms with Gasteiger partial charge < -0.3 is 21.5 Å². The first-order valence-corrected chi connectivity index (χ1v) is 8.77. The number of nitrogen functional groups attached to an aromatic ring is 2. The van der Waals surface area contributed by atoms with E-state index in [1.54, 1.807) is 6.07 Å². The molecular weight excluding hydrogens is 338 g/mol. The van der Waals surface area contributed by atoms with Gasteiger partial charge in [-0.1, -0.05) is 11.6 Å². The maximum atomic E-state index is 6.24. The summed E-state index contributed by atoms with van der Waals surface area (Å²) in [7, 11) is 0. The van der Waals surface area contributed by atoms with Crippen LogP contribution in [0.4, 0.5) is 17.3 Å². The maximum Gasteiger partial charge on any atom is 0.126 e. The van der Waals surface area contributed by atoms with E-state index < -0.39 is 0 Å². The molecule has 0 radical (unpaired) electrons. The smallest absolute Gasteiger partial charge is 0.126 e. The van der Waals surface area contributed by atoms with E-state index in [1.807, 2.05) is 12.1 Å². The van der Waals surface area contributed by atoms with E-state index in [-0.39, 0.29) is 5.60 Å². The van der Waals surface area contributed by atoms with Crippen LogP contribution in [0.25, 0.3) is 11.3 Å². The van der Waals surface area contributed by atoms with E-state index in [4.69, 9.17) is 27.8 Å². The minimum Gasteiger partial charge on any atom is -0.397 e. The number of halogens is 1. The first kappa shape index (κ1) is 17.8. The third kappa shape index (κ3) is 4.32. The second kappa shape index (κ2) is 7.06. The Labute approximate surface area is 152 Å². The van der Waals surface area contributed by atoms with E-state index in [0.717, 1.165) is 31.8 Å². The van der Waals surface area contributed by atoms with Crippen LogP contribution in [-0.2, 0) is 4.74 Å². The molecule has 0 aromatic carbocycles. The molecule has 7 heteroatoms. The highest BCUT2D eigenvalue weighted by Gasteiger charge is 2.28. The molecule has 3 heterocycles. The molecule has 1 unspecified atom stereocenters. The number of hydrogen-bond donors (Lipinski definition) is 3. The fraction of sp³-hybridized carbons (Fsp3) is 0.444. The zero-order valence-corrected chi connectivity index (χ0v) is 15.3. The number of pyridine rings is 2. The predicted octanol–water partition coefficient (Wildman–Crippen LogP) is 3.58. The van der Waals surface area contributed by atoms with E-state index in [1.165, 1.54) is 6.20 Å². The van der Waals surface area contributed by atoms with Crippen molar-refractivity contribution >= 4 is 28.9 Å². The molecule has 0 aliphatic carbocycles. The summed E-state index contributed by atoms with van der Waals surface area (Å²) in [5.41, 5.74) is 13.6. The van der Waals surface area contributed by atoms with Crippen molar-refractivity contribution in [1.29, 1.82) is 0 Å². The SMILES string of the molecule is CC1(C)CC(CNc2ccc(N)c(-c3cc(N)ncc3Cl)n2)CCO1. The molecule has 3 rings (SSSR count). The van der Waals surface area contributed by atoms with Crippen molar-refractivity contribution in [3.8, 4) is 11.3 Å². The zero-order chi connectivity index (χ0) is 18.0. The van der Waals surface area contributed by atoms with Gasteiger partial charge in [-0.15, -0.1) is 0 Å². The minimum absolute atomic E-state index is 0.0631. The van der Waals surface area contributed by atoms with Crippen molar-refractivity contribution in [2.75, 3.05) is 29.9 Å². The fourth-order valence-corrected chi connectivity index (χ4v) is 3.39. The van der Waals surface area contributed by atoms with Gasteiger partial charge in [0.2, 0.25) is 0 Å². The molecule has 0 saturated carbocycles. The van der Waals surface area contributed by atoms with Gasteiger partial charge in [-0.3, -0.25) is 0 Å². The summed E-state index contributed by atoms with van der Waals surface area (Å²) in [4.78, 5) is 8.61. The zero-order valence-electron chi connectivity index (χ0n) is 14.6. The molecule has 134 valence electrons. The summed E-state index contributed by atoms with van der Waals surface area (Å²) in [6, 6.07) is 5.39. The standard InChI is InChI=1S/C18H24ClN5O/c1-18(2)8-11(5-6-25-18)9-23-16-4-3-14(20)17(24-16)12-7-15(21)22-10-13(12)19/h3-4,7,10-11H,5-6,8-9,20H2,1-2H3,(H2,21,22)(H,23,24). The lowest BCUT2D eigenvalue weighted by Gasteiger charge is -2.35. The molecule has 0 spiro atoms. The Morgan fingerprint density at radius 2 is 2.16 bits per heavy atom. The lowest BCUT2D eigenvalue weighted by molar-refractivity contribution is -0.0699. The average Bonchev–Trinajstić information content (AvgIpc) is 2.56.